The molecule has 118 valence electrons. The van der Waals surface area contributed by atoms with Crippen LogP contribution in [0.4, 0.5) is 0 Å². The molecule has 1 saturated carbocycles. The molecular formula is C14H16Cl5NO. The van der Waals surface area contributed by atoms with Crippen LogP contribution in [0.5, 0.6) is 5.75 Å². The van der Waals surface area contributed by atoms with Gasteiger partial charge in [-0.25, -0.2) is 0 Å². The number of hydrogen-bond acceptors (Lipinski definition) is 2. The van der Waals surface area contributed by atoms with E-state index in [2.05, 4.69) is 5.32 Å². The molecule has 21 heavy (non-hydrogen) atoms. The molecule has 1 aromatic rings. The van der Waals surface area contributed by atoms with Gasteiger partial charge in [0, 0.05) is 6.54 Å². The lowest BCUT2D eigenvalue weighted by Gasteiger charge is -2.15. The molecule has 0 heterocycles. The van der Waals surface area contributed by atoms with Crippen molar-refractivity contribution in [2.24, 2.45) is 5.92 Å². The Bertz CT molecular complexity index is 474. The number of rotatable bonds is 6. The van der Waals surface area contributed by atoms with Gasteiger partial charge >= 0.3 is 0 Å². The minimum Gasteiger partial charge on any atom is -0.489 e. The van der Waals surface area contributed by atoms with Gasteiger partial charge in [-0.2, -0.15) is 0 Å². The van der Waals surface area contributed by atoms with E-state index in [1.165, 1.54) is 25.7 Å². The minimum atomic E-state index is 0.139. The summed E-state index contributed by atoms with van der Waals surface area (Å²) in [5, 5.41) is 4.20. The van der Waals surface area contributed by atoms with E-state index in [-0.39, 0.29) is 30.9 Å². The minimum absolute atomic E-state index is 0.139. The van der Waals surface area contributed by atoms with Gasteiger partial charge in [0.25, 0.3) is 0 Å². The third-order valence-electron chi connectivity index (χ3n) is 3.60. The van der Waals surface area contributed by atoms with E-state index in [1.807, 2.05) is 0 Å². The summed E-state index contributed by atoms with van der Waals surface area (Å²) in [6.45, 7) is 2.16. The Morgan fingerprint density at radius 2 is 1.38 bits per heavy atom. The predicted molar refractivity (Wildman–Crippen MR) is 91.8 cm³/mol. The second-order valence-electron chi connectivity index (χ2n) is 5.10. The first kappa shape index (κ1) is 17.8. The normalized spacial score (nSPS) is 15.7. The Kier molecular flexibility index (Phi) is 7.05. The summed E-state index contributed by atoms with van der Waals surface area (Å²) in [6, 6.07) is 0. The zero-order valence-corrected chi connectivity index (χ0v) is 15.1. The van der Waals surface area contributed by atoms with Gasteiger partial charge < -0.3 is 10.1 Å². The first-order valence-corrected chi connectivity index (χ1v) is 8.76. The van der Waals surface area contributed by atoms with Crippen LogP contribution >= 0.6 is 58.0 Å². The number of halogens is 5. The van der Waals surface area contributed by atoms with Crippen LogP contribution in [-0.4, -0.2) is 19.7 Å². The molecule has 1 N–H and O–H groups in total. The first-order valence-electron chi connectivity index (χ1n) is 6.87. The van der Waals surface area contributed by atoms with E-state index >= 15 is 0 Å². The van der Waals surface area contributed by atoms with E-state index in [4.69, 9.17) is 62.7 Å². The van der Waals surface area contributed by atoms with Crippen molar-refractivity contribution in [2.45, 2.75) is 25.7 Å². The summed E-state index contributed by atoms with van der Waals surface area (Å²) in [5.41, 5.74) is 0. The molecule has 0 bridgehead atoms. The molecule has 0 aromatic heterocycles. The Morgan fingerprint density at radius 1 is 0.857 bits per heavy atom. The summed E-state index contributed by atoms with van der Waals surface area (Å²) < 4.78 is 5.60. The topological polar surface area (TPSA) is 21.3 Å². The average molecular weight is 392 g/mol. The van der Waals surface area contributed by atoms with Crippen molar-refractivity contribution in [3.63, 3.8) is 0 Å². The molecule has 0 spiro atoms. The summed E-state index contributed by atoms with van der Waals surface area (Å²) >= 11 is 30.1. The van der Waals surface area contributed by atoms with Crippen molar-refractivity contribution in [3.8, 4) is 5.75 Å². The van der Waals surface area contributed by atoms with Crippen molar-refractivity contribution in [2.75, 3.05) is 19.7 Å². The average Bonchev–Trinajstić information content (AvgIpc) is 2.99. The van der Waals surface area contributed by atoms with Crippen molar-refractivity contribution >= 4 is 58.0 Å². The van der Waals surface area contributed by atoms with Gasteiger partial charge in [0.15, 0.2) is 5.75 Å². The molecule has 0 radical (unpaired) electrons. The Labute approximate surface area is 150 Å². The van der Waals surface area contributed by atoms with Gasteiger partial charge in [-0.15, -0.1) is 0 Å². The molecule has 2 nitrogen and oxygen atoms in total. The van der Waals surface area contributed by atoms with Gasteiger partial charge in [-0.3, -0.25) is 0 Å². The Balaban J connectivity index is 1.85. The molecular weight excluding hydrogens is 375 g/mol. The van der Waals surface area contributed by atoms with Crippen LogP contribution in [0.2, 0.25) is 25.1 Å². The highest BCUT2D eigenvalue weighted by molar-refractivity contribution is 6.55. The van der Waals surface area contributed by atoms with Gasteiger partial charge in [-0.1, -0.05) is 70.8 Å². The van der Waals surface area contributed by atoms with E-state index in [9.17, 15) is 0 Å². The smallest absolute Gasteiger partial charge is 0.159 e. The molecule has 0 unspecified atom stereocenters. The van der Waals surface area contributed by atoms with Crippen LogP contribution in [0.15, 0.2) is 0 Å². The molecule has 0 saturated heterocycles. The summed E-state index contributed by atoms with van der Waals surface area (Å²) in [4.78, 5) is 0. The molecule has 1 aliphatic carbocycles. The number of hydrogen-bond donors (Lipinski definition) is 1. The second kappa shape index (κ2) is 8.33. The fraction of sp³-hybridized carbons (Fsp3) is 0.571. The zero-order chi connectivity index (χ0) is 15.4. The SMILES string of the molecule is Clc1c(Cl)c(Cl)c(OCCNCC2CCCC2)c(Cl)c1Cl. The standard InChI is InChI=1S/C14H16Cl5NO/c15-9-10(16)12(18)14(13(19)11(9)17)21-6-5-20-7-8-3-1-2-4-8/h8,20H,1-7H2. The molecule has 0 aliphatic heterocycles. The Hall–Kier alpha value is 0.430. The van der Waals surface area contributed by atoms with Gasteiger partial charge in [0.1, 0.15) is 16.7 Å². The van der Waals surface area contributed by atoms with E-state index in [0.717, 1.165) is 12.5 Å². The van der Waals surface area contributed by atoms with E-state index in [0.29, 0.717) is 13.2 Å². The van der Waals surface area contributed by atoms with Crippen LogP contribution in [0, 0.1) is 5.92 Å². The van der Waals surface area contributed by atoms with Crippen molar-refractivity contribution < 1.29 is 4.74 Å². The predicted octanol–water partition coefficient (Wildman–Crippen LogP) is 6.11. The molecule has 1 fully saturated rings. The molecule has 0 atom stereocenters. The number of ether oxygens (including phenoxy) is 1. The maximum atomic E-state index is 6.09. The lowest BCUT2D eigenvalue weighted by atomic mass is 10.1. The van der Waals surface area contributed by atoms with Crippen LogP contribution in [0.3, 0.4) is 0 Å². The van der Waals surface area contributed by atoms with Crippen LogP contribution in [-0.2, 0) is 0 Å². The van der Waals surface area contributed by atoms with Crippen LogP contribution in [0.1, 0.15) is 25.7 Å². The largest absolute Gasteiger partial charge is 0.489 e. The lowest BCUT2D eigenvalue weighted by Crippen LogP contribution is -2.26. The van der Waals surface area contributed by atoms with Gasteiger partial charge in [0.05, 0.1) is 15.1 Å². The summed E-state index contributed by atoms with van der Waals surface area (Å²) in [6.07, 6.45) is 5.31. The molecule has 1 aromatic carbocycles. The monoisotopic (exact) mass is 389 g/mol. The fourth-order valence-electron chi connectivity index (χ4n) is 2.46. The second-order valence-corrected chi connectivity index (χ2v) is 6.99. The number of benzene rings is 1. The maximum Gasteiger partial charge on any atom is 0.159 e. The maximum absolute atomic E-state index is 6.09. The van der Waals surface area contributed by atoms with Crippen LogP contribution < -0.4 is 10.1 Å². The van der Waals surface area contributed by atoms with Crippen molar-refractivity contribution in [3.05, 3.63) is 25.1 Å². The molecule has 7 heteroatoms. The quantitative estimate of drug-likeness (QED) is 0.359. The van der Waals surface area contributed by atoms with Gasteiger partial charge in [-0.05, 0) is 25.3 Å². The van der Waals surface area contributed by atoms with Gasteiger partial charge in [0.2, 0.25) is 0 Å². The van der Waals surface area contributed by atoms with Crippen molar-refractivity contribution in [1.29, 1.82) is 0 Å². The summed E-state index contributed by atoms with van der Waals surface area (Å²) in [7, 11) is 0. The Morgan fingerprint density at radius 3 is 1.95 bits per heavy atom. The highest BCUT2D eigenvalue weighted by Crippen LogP contribution is 2.48. The first-order chi connectivity index (χ1) is 10.0. The third-order valence-corrected chi connectivity index (χ3v) is 5.84. The lowest BCUT2D eigenvalue weighted by molar-refractivity contribution is 0.309. The fourth-order valence-corrected chi connectivity index (χ4v) is 3.69. The van der Waals surface area contributed by atoms with E-state index < -0.39 is 0 Å². The zero-order valence-electron chi connectivity index (χ0n) is 11.3. The highest BCUT2D eigenvalue weighted by Gasteiger charge is 2.20. The molecule has 0 amide bonds. The third kappa shape index (κ3) is 4.46. The van der Waals surface area contributed by atoms with Crippen LogP contribution in [0.25, 0.3) is 0 Å². The number of nitrogens with one attached hydrogen (secondary N) is 1. The molecule has 2 rings (SSSR count). The van der Waals surface area contributed by atoms with E-state index in [1.54, 1.807) is 0 Å². The van der Waals surface area contributed by atoms with Crippen molar-refractivity contribution in [1.82, 2.24) is 5.32 Å². The molecule has 1 aliphatic rings. The highest BCUT2D eigenvalue weighted by atomic mass is 35.5. The summed E-state index contributed by atoms with van der Waals surface area (Å²) in [5.74, 6) is 1.07.